The Bertz CT molecular complexity index is 1440. The van der Waals surface area contributed by atoms with E-state index in [1.807, 2.05) is 18.2 Å². The molecule has 0 aliphatic heterocycles. The van der Waals surface area contributed by atoms with E-state index < -0.39 is 0 Å². The number of amides is 1. The van der Waals surface area contributed by atoms with Crippen LogP contribution in [-0.2, 0) is 7.05 Å². The molecular formula is C24H20N4O2. The summed E-state index contributed by atoms with van der Waals surface area (Å²) in [4.78, 5) is 28.4. The molecule has 148 valence electrons. The molecule has 6 heteroatoms. The summed E-state index contributed by atoms with van der Waals surface area (Å²) in [5.41, 5.74) is 0.338. The number of carbonyl (C=O) groups is 1. The van der Waals surface area contributed by atoms with Gasteiger partial charge in [0.1, 0.15) is 5.82 Å². The number of aryl methyl sites for hydroxylation is 1. The van der Waals surface area contributed by atoms with E-state index in [2.05, 4.69) is 52.0 Å². The minimum atomic E-state index is -0.322. The van der Waals surface area contributed by atoms with E-state index in [9.17, 15) is 9.59 Å². The number of nitrogens with zero attached hydrogens (tertiary/aromatic N) is 2. The van der Waals surface area contributed by atoms with Gasteiger partial charge in [0.25, 0.3) is 5.91 Å². The topological polar surface area (TPSA) is 76.0 Å². The number of hydrogen-bond acceptors (Lipinski definition) is 4. The van der Waals surface area contributed by atoms with Crippen LogP contribution in [0.3, 0.4) is 0 Å². The normalized spacial score (nSPS) is 11.4. The maximum absolute atomic E-state index is 12.9. The molecule has 0 radical (unpaired) electrons. The van der Waals surface area contributed by atoms with Gasteiger partial charge in [-0.15, -0.1) is 0 Å². The van der Waals surface area contributed by atoms with Gasteiger partial charge in [-0.3, -0.25) is 4.79 Å². The van der Waals surface area contributed by atoms with Crippen molar-refractivity contribution in [2.45, 2.75) is 0 Å². The summed E-state index contributed by atoms with van der Waals surface area (Å²) >= 11 is 0. The van der Waals surface area contributed by atoms with Crippen molar-refractivity contribution in [1.29, 1.82) is 0 Å². The summed E-state index contributed by atoms with van der Waals surface area (Å²) in [5, 5.41) is 12.8. The Kier molecular flexibility index (Phi) is 4.32. The molecule has 0 saturated heterocycles. The first-order valence-electron chi connectivity index (χ1n) is 9.84. The van der Waals surface area contributed by atoms with Gasteiger partial charge in [0.15, 0.2) is 0 Å². The van der Waals surface area contributed by atoms with Crippen LogP contribution in [-0.4, -0.2) is 28.5 Å². The fourth-order valence-electron chi connectivity index (χ4n) is 3.96. The second-order valence-corrected chi connectivity index (χ2v) is 7.36. The summed E-state index contributed by atoms with van der Waals surface area (Å²) < 4.78 is 1.40. The molecule has 2 N–H and O–H groups in total. The Morgan fingerprint density at radius 2 is 1.60 bits per heavy atom. The van der Waals surface area contributed by atoms with Gasteiger partial charge in [0.2, 0.25) is 0 Å². The first kappa shape index (κ1) is 18.1. The average Bonchev–Trinajstić information content (AvgIpc) is 2.77. The maximum atomic E-state index is 12.9. The van der Waals surface area contributed by atoms with Crippen LogP contribution in [0.1, 0.15) is 10.4 Å². The standard InChI is InChI=1S/C24H20N4O2/c1-28-14-11-20(27-24(28)30)25-12-13-26-23(29)19-10-8-17-6-5-15-3-2-4-16-7-9-18(19)22(17)21(15)16/h2-11,14H,12-13H2,1H3,(H,26,29)(H,25,27,30). The first-order valence-corrected chi connectivity index (χ1v) is 9.84. The molecule has 0 fully saturated rings. The lowest BCUT2D eigenvalue weighted by molar-refractivity contribution is 0.0957. The molecule has 5 rings (SSSR count). The van der Waals surface area contributed by atoms with E-state index in [4.69, 9.17) is 0 Å². The molecule has 0 unspecified atom stereocenters. The molecule has 5 aromatic rings. The third-order valence-corrected chi connectivity index (χ3v) is 5.46. The molecule has 6 nitrogen and oxygen atoms in total. The van der Waals surface area contributed by atoms with Gasteiger partial charge in [-0.1, -0.05) is 48.5 Å². The van der Waals surface area contributed by atoms with E-state index in [1.54, 1.807) is 19.3 Å². The van der Waals surface area contributed by atoms with Crippen LogP contribution in [0.5, 0.6) is 0 Å². The highest BCUT2D eigenvalue weighted by Crippen LogP contribution is 2.35. The summed E-state index contributed by atoms with van der Waals surface area (Å²) in [6, 6.07) is 20.2. The highest BCUT2D eigenvalue weighted by atomic mass is 16.2. The van der Waals surface area contributed by atoms with Crippen molar-refractivity contribution >= 4 is 44.0 Å². The van der Waals surface area contributed by atoms with Crippen LogP contribution < -0.4 is 16.3 Å². The van der Waals surface area contributed by atoms with Gasteiger partial charge < -0.3 is 15.2 Å². The molecule has 0 aliphatic rings. The van der Waals surface area contributed by atoms with Crippen molar-refractivity contribution < 1.29 is 4.79 Å². The Labute approximate surface area is 172 Å². The van der Waals surface area contributed by atoms with E-state index in [0.717, 1.165) is 16.2 Å². The smallest absolute Gasteiger partial charge is 0.349 e. The zero-order chi connectivity index (χ0) is 20.7. The van der Waals surface area contributed by atoms with Crippen molar-refractivity contribution in [3.63, 3.8) is 0 Å². The quantitative estimate of drug-likeness (QED) is 0.352. The van der Waals surface area contributed by atoms with E-state index >= 15 is 0 Å². The lowest BCUT2D eigenvalue weighted by atomic mass is 9.92. The van der Waals surface area contributed by atoms with Crippen LogP contribution >= 0.6 is 0 Å². The van der Waals surface area contributed by atoms with Gasteiger partial charge >= 0.3 is 5.69 Å². The molecular weight excluding hydrogens is 376 g/mol. The van der Waals surface area contributed by atoms with Gasteiger partial charge in [-0.05, 0) is 44.5 Å². The van der Waals surface area contributed by atoms with Crippen molar-refractivity contribution in [2.75, 3.05) is 18.4 Å². The number of carbonyl (C=O) groups excluding carboxylic acids is 1. The second-order valence-electron chi connectivity index (χ2n) is 7.36. The number of rotatable bonds is 5. The predicted octanol–water partition coefficient (Wildman–Crippen LogP) is 3.52. The van der Waals surface area contributed by atoms with E-state index in [0.29, 0.717) is 24.5 Å². The van der Waals surface area contributed by atoms with Crippen molar-refractivity contribution in [3.8, 4) is 0 Å². The number of anilines is 1. The van der Waals surface area contributed by atoms with Crippen molar-refractivity contribution in [3.05, 3.63) is 82.9 Å². The average molecular weight is 396 g/mol. The first-order chi connectivity index (χ1) is 14.6. The van der Waals surface area contributed by atoms with Crippen LogP contribution in [0.25, 0.3) is 32.3 Å². The fourth-order valence-corrected chi connectivity index (χ4v) is 3.96. The molecule has 4 aromatic carbocycles. The number of nitrogens with one attached hydrogen (secondary N) is 2. The molecule has 0 atom stereocenters. The second kappa shape index (κ2) is 7.15. The van der Waals surface area contributed by atoms with Gasteiger partial charge in [-0.2, -0.15) is 4.98 Å². The number of benzene rings is 4. The minimum Gasteiger partial charge on any atom is -0.368 e. The maximum Gasteiger partial charge on any atom is 0.349 e. The zero-order valence-corrected chi connectivity index (χ0v) is 16.5. The summed E-state index contributed by atoms with van der Waals surface area (Å²) in [5.74, 6) is 0.377. The Hall–Kier alpha value is -3.93. The largest absolute Gasteiger partial charge is 0.368 e. The molecule has 0 spiro atoms. The summed E-state index contributed by atoms with van der Waals surface area (Å²) in [7, 11) is 1.65. The third kappa shape index (κ3) is 3.03. The van der Waals surface area contributed by atoms with Crippen LogP contribution in [0.2, 0.25) is 0 Å². The summed E-state index contributed by atoms with van der Waals surface area (Å²) in [6.45, 7) is 0.884. The highest BCUT2D eigenvalue weighted by molar-refractivity contribution is 6.26. The van der Waals surface area contributed by atoms with Crippen molar-refractivity contribution in [1.82, 2.24) is 14.9 Å². The van der Waals surface area contributed by atoms with Crippen molar-refractivity contribution in [2.24, 2.45) is 7.05 Å². The Morgan fingerprint density at radius 1 is 0.900 bits per heavy atom. The molecule has 1 aromatic heterocycles. The summed E-state index contributed by atoms with van der Waals surface area (Å²) in [6.07, 6.45) is 1.65. The van der Waals surface area contributed by atoms with Crippen LogP contribution in [0.4, 0.5) is 5.82 Å². The third-order valence-electron chi connectivity index (χ3n) is 5.46. The highest BCUT2D eigenvalue weighted by Gasteiger charge is 2.14. The Balaban J connectivity index is 1.38. The minimum absolute atomic E-state index is 0.119. The van der Waals surface area contributed by atoms with Crippen LogP contribution in [0.15, 0.2) is 71.7 Å². The SMILES string of the molecule is Cn1ccc(NCCNC(=O)c2ccc3ccc4cccc5ccc2c3c45)nc1=O. The monoisotopic (exact) mass is 396 g/mol. The Morgan fingerprint density at radius 3 is 2.37 bits per heavy atom. The molecule has 1 heterocycles. The lowest BCUT2D eigenvalue weighted by Crippen LogP contribution is -2.29. The lowest BCUT2D eigenvalue weighted by Gasteiger charge is -2.14. The van der Waals surface area contributed by atoms with Crippen LogP contribution in [0, 0.1) is 0 Å². The van der Waals surface area contributed by atoms with E-state index in [1.165, 1.54) is 20.7 Å². The number of aromatic nitrogens is 2. The molecule has 0 aliphatic carbocycles. The zero-order valence-electron chi connectivity index (χ0n) is 16.5. The predicted molar refractivity (Wildman–Crippen MR) is 120 cm³/mol. The van der Waals surface area contributed by atoms with E-state index in [-0.39, 0.29) is 11.6 Å². The van der Waals surface area contributed by atoms with Gasteiger partial charge in [0, 0.05) is 31.9 Å². The van der Waals surface area contributed by atoms with Gasteiger partial charge in [0.05, 0.1) is 0 Å². The number of hydrogen-bond donors (Lipinski definition) is 2. The molecule has 30 heavy (non-hydrogen) atoms. The molecule has 0 bridgehead atoms. The van der Waals surface area contributed by atoms with Gasteiger partial charge in [-0.25, -0.2) is 4.79 Å². The molecule has 1 amide bonds. The fraction of sp³-hybridized carbons (Fsp3) is 0.125. The molecule has 0 saturated carbocycles.